The summed E-state index contributed by atoms with van der Waals surface area (Å²) in [7, 11) is 0. The third-order valence-corrected chi connectivity index (χ3v) is 3.99. The monoisotopic (exact) mass is 270 g/mol. The first-order chi connectivity index (χ1) is 9.65. The lowest BCUT2D eigenvalue weighted by molar-refractivity contribution is 0.614. The number of hydrogen-bond donors (Lipinski definition) is 1. The summed E-state index contributed by atoms with van der Waals surface area (Å²) < 4.78 is 13.5. The van der Waals surface area contributed by atoms with Crippen LogP contribution < -0.4 is 10.2 Å². The molecule has 1 unspecified atom stereocenters. The molecule has 0 bridgehead atoms. The normalized spacial score (nSPS) is 17.6. The summed E-state index contributed by atoms with van der Waals surface area (Å²) in [6, 6.07) is 13.7. The van der Waals surface area contributed by atoms with Gasteiger partial charge in [-0.2, -0.15) is 0 Å². The lowest BCUT2D eigenvalue weighted by atomic mass is 10.0. The highest BCUT2D eigenvalue weighted by atomic mass is 19.1. The van der Waals surface area contributed by atoms with Crippen molar-refractivity contribution in [3.63, 3.8) is 0 Å². The van der Waals surface area contributed by atoms with Crippen LogP contribution in [-0.4, -0.2) is 12.6 Å². The van der Waals surface area contributed by atoms with Crippen LogP contribution in [0.15, 0.2) is 42.5 Å². The largest absolute Gasteiger partial charge is 0.381 e. The van der Waals surface area contributed by atoms with Gasteiger partial charge in [-0.05, 0) is 49.2 Å². The average molecular weight is 270 g/mol. The summed E-state index contributed by atoms with van der Waals surface area (Å²) >= 11 is 0. The van der Waals surface area contributed by atoms with Crippen LogP contribution >= 0.6 is 0 Å². The molecule has 1 N–H and O–H groups in total. The molecule has 1 heterocycles. The molecular weight excluding hydrogens is 251 g/mol. The Kier molecular flexibility index (Phi) is 3.35. The predicted molar refractivity (Wildman–Crippen MR) is 81.7 cm³/mol. The molecule has 2 nitrogen and oxygen atoms in total. The van der Waals surface area contributed by atoms with Crippen molar-refractivity contribution in [3.05, 3.63) is 59.4 Å². The van der Waals surface area contributed by atoms with Gasteiger partial charge in [0.1, 0.15) is 5.82 Å². The van der Waals surface area contributed by atoms with E-state index in [1.54, 1.807) is 6.07 Å². The minimum absolute atomic E-state index is 0.165. The molecule has 1 aliphatic rings. The van der Waals surface area contributed by atoms with Gasteiger partial charge in [0.25, 0.3) is 0 Å². The number of para-hydroxylation sites is 2. The lowest BCUT2D eigenvalue weighted by Gasteiger charge is -2.38. The summed E-state index contributed by atoms with van der Waals surface area (Å²) in [5, 5.41) is 3.44. The van der Waals surface area contributed by atoms with Crippen molar-refractivity contribution in [2.24, 2.45) is 0 Å². The van der Waals surface area contributed by atoms with Crippen molar-refractivity contribution in [3.8, 4) is 0 Å². The Labute approximate surface area is 119 Å². The van der Waals surface area contributed by atoms with Gasteiger partial charge in [-0.3, -0.25) is 0 Å². The molecule has 0 saturated heterocycles. The minimum Gasteiger partial charge on any atom is -0.381 e. The van der Waals surface area contributed by atoms with Gasteiger partial charge >= 0.3 is 0 Å². The van der Waals surface area contributed by atoms with Crippen LogP contribution in [-0.2, 0) is 6.54 Å². The van der Waals surface area contributed by atoms with E-state index in [-0.39, 0.29) is 5.82 Å². The fourth-order valence-corrected chi connectivity index (χ4v) is 2.71. The molecule has 0 fully saturated rings. The molecule has 0 amide bonds. The average Bonchev–Trinajstić information content (AvgIpc) is 2.46. The van der Waals surface area contributed by atoms with E-state index in [1.165, 1.54) is 11.8 Å². The highest BCUT2D eigenvalue weighted by Crippen LogP contribution is 2.32. The fraction of sp³-hybridized carbons (Fsp3) is 0.294. The van der Waals surface area contributed by atoms with Crippen LogP contribution in [0.1, 0.15) is 18.1 Å². The lowest BCUT2D eigenvalue weighted by Crippen LogP contribution is -2.41. The summed E-state index contributed by atoms with van der Waals surface area (Å²) in [5.41, 5.74) is 4.53. The molecule has 0 radical (unpaired) electrons. The van der Waals surface area contributed by atoms with E-state index in [0.717, 1.165) is 29.9 Å². The number of rotatable bonds is 2. The van der Waals surface area contributed by atoms with Crippen molar-refractivity contribution in [1.82, 2.24) is 0 Å². The molecule has 3 heteroatoms. The summed E-state index contributed by atoms with van der Waals surface area (Å²) in [6.45, 7) is 5.87. The highest BCUT2D eigenvalue weighted by molar-refractivity contribution is 5.72. The summed E-state index contributed by atoms with van der Waals surface area (Å²) in [4.78, 5) is 2.34. The molecule has 20 heavy (non-hydrogen) atoms. The van der Waals surface area contributed by atoms with E-state index in [0.29, 0.717) is 6.04 Å². The number of anilines is 2. The van der Waals surface area contributed by atoms with E-state index in [1.807, 2.05) is 25.1 Å². The number of aryl methyl sites for hydroxylation is 1. The molecule has 0 saturated carbocycles. The van der Waals surface area contributed by atoms with E-state index in [9.17, 15) is 4.39 Å². The summed E-state index contributed by atoms with van der Waals surface area (Å²) in [5.74, 6) is -0.165. The van der Waals surface area contributed by atoms with Gasteiger partial charge in [-0.1, -0.05) is 18.2 Å². The Morgan fingerprint density at radius 2 is 2.05 bits per heavy atom. The highest BCUT2D eigenvalue weighted by Gasteiger charge is 2.22. The van der Waals surface area contributed by atoms with Gasteiger partial charge in [-0.15, -0.1) is 0 Å². The quantitative estimate of drug-likeness (QED) is 0.888. The van der Waals surface area contributed by atoms with Crippen molar-refractivity contribution in [1.29, 1.82) is 0 Å². The Morgan fingerprint density at radius 3 is 2.90 bits per heavy atom. The molecule has 2 aromatic rings. The Bertz CT molecular complexity index is 624. The van der Waals surface area contributed by atoms with Crippen LogP contribution in [0.25, 0.3) is 0 Å². The van der Waals surface area contributed by atoms with Gasteiger partial charge in [0.15, 0.2) is 0 Å². The van der Waals surface area contributed by atoms with Gasteiger partial charge in [0.2, 0.25) is 0 Å². The molecule has 1 atom stereocenters. The number of nitrogens with one attached hydrogen (secondary N) is 1. The zero-order valence-electron chi connectivity index (χ0n) is 11.9. The van der Waals surface area contributed by atoms with Gasteiger partial charge in [0.05, 0.1) is 11.4 Å². The fourth-order valence-electron chi connectivity index (χ4n) is 2.71. The van der Waals surface area contributed by atoms with Crippen molar-refractivity contribution < 1.29 is 4.39 Å². The SMILES string of the molecule is Cc1ccc(F)cc1CN1c2ccccc2NCC1C. The van der Waals surface area contributed by atoms with Gasteiger partial charge < -0.3 is 10.2 Å². The van der Waals surface area contributed by atoms with Crippen LogP contribution in [0.4, 0.5) is 15.8 Å². The molecule has 3 rings (SSSR count). The number of nitrogens with zero attached hydrogens (tertiary/aromatic N) is 1. The van der Waals surface area contributed by atoms with E-state index in [4.69, 9.17) is 0 Å². The number of hydrogen-bond acceptors (Lipinski definition) is 2. The minimum atomic E-state index is -0.165. The third-order valence-electron chi connectivity index (χ3n) is 3.99. The van der Waals surface area contributed by atoms with Crippen LogP contribution in [0, 0.1) is 12.7 Å². The zero-order chi connectivity index (χ0) is 14.1. The second kappa shape index (κ2) is 5.16. The first-order valence-electron chi connectivity index (χ1n) is 7.00. The van der Waals surface area contributed by atoms with Crippen molar-refractivity contribution >= 4 is 11.4 Å². The maximum atomic E-state index is 13.5. The van der Waals surface area contributed by atoms with Crippen molar-refractivity contribution in [2.75, 3.05) is 16.8 Å². The van der Waals surface area contributed by atoms with Crippen LogP contribution in [0.5, 0.6) is 0 Å². The Balaban J connectivity index is 1.95. The topological polar surface area (TPSA) is 15.3 Å². The standard InChI is InChI=1S/C17H19FN2/c1-12-7-8-15(18)9-14(12)11-20-13(2)10-19-16-5-3-4-6-17(16)20/h3-9,13,19H,10-11H2,1-2H3. The molecule has 1 aliphatic heterocycles. The number of benzene rings is 2. The van der Waals surface area contributed by atoms with Gasteiger partial charge in [0, 0.05) is 19.1 Å². The second-order valence-electron chi connectivity index (χ2n) is 5.45. The van der Waals surface area contributed by atoms with Crippen LogP contribution in [0.3, 0.4) is 0 Å². The van der Waals surface area contributed by atoms with E-state index in [2.05, 4.69) is 29.3 Å². The zero-order valence-corrected chi connectivity index (χ0v) is 11.9. The smallest absolute Gasteiger partial charge is 0.123 e. The predicted octanol–water partition coefficient (Wildman–Crippen LogP) is 3.95. The number of fused-ring (bicyclic) bond motifs is 1. The Morgan fingerprint density at radius 1 is 1.25 bits per heavy atom. The molecule has 104 valence electrons. The van der Waals surface area contributed by atoms with E-state index < -0.39 is 0 Å². The molecule has 2 aromatic carbocycles. The molecule has 0 aromatic heterocycles. The van der Waals surface area contributed by atoms with Crippen molar-refractivity contribution in [2.45, 2.75) is 26.4 Å². The summed E-state index contributed by atoms with van der Waals surface area (Å²) in [6.07, 6.45) is 0. The first kappa shape index (κ1) is 13.0. The first-order valence-corrected chi connectivity index (χ1v) is 7.00. The van der Waals surface area contributed by atoms with E-state index >= 15 is 0 Å². The maximum absolute atomic E-state index is 13.5. The third kappa shape index (κ3) is 2.36. The van der Waals surface area contributed by atoms with Crippen LogP contribution in [0.2, 0.25) is 0 Å². The number of halogens is 1. The molecular formula is C17H19FN2. The van der Waals surface area contributed by atoms with Gasteiger partial charge in [-0.25, -0.2) is 4.39 Å². The maximum Gasteiger partial charge on any atom is 0.123 e. The molecule has 0 spiro atoms. The molecule has 0 aliphatic carbocycles. The Hall–Kier alpha value is -2.03. The second-order valence-corrected chi connectivity index (χ2v) is 5.45.